The fourth-order valence-electron chi connectivity index (χ4n) is 2.21. The molecule has 0 unspecified atom stereocenters. The number of likely N-dealkylation sites (N-methyl/N-ethyl adjacent to an activating group) is 1. The molecule has 0 radical (unpaired) electrons. The lowest BCUT2D eigenvalue weighted by molar-refractivity contribution is -0.150. The lowest BCUT2D eigenvalue weighted by Gasteiger charge is -2.18. The Morgan fingerprint density at radius 3 is 2.37 bits per heavy atom. The lowest BCUT2D eigenvalue weighted by atomic mass is 10.2. The van der Waals surface area contributed by atoms with Gasteiger partial charge in [-0.15, -0.1) is 11.3 Å². The Hall–Kier alpha value is -2.87. The van der Waals surface area contributed by atoms with E-state index in [9.17, 15) is 14.4 Å². The number of amides is 2. The van der Waals surface area contributed by atoms with Crippen molar-refractivity contribution < 1.29 is 19.1 Å². The molecule has 1 N–H and O–H groups in total. The molecule has 0 spiro atoms. The van der Waals surface area contributed by atoms with Crippen LogP contribution in [0, 0.1) is 0 Å². The summed E-state index contributed by atoms with van der Waals surface area (Å²) in [6, 6.07) is 11.3. The monoisotopic (exact) mass is 389 g/mol. The molecule has 0 aliphatic heterocycles. The van der Waals surface area contributed by atoms with Gasteiger partial charge >= 0.3 is 5.97 Å². The molecule has 0 atom stereocenters. The summed E-state index contributed by atoms with van der Waals surface area (Å²) in [4.78, 5) is 39.5. The average Bonchev–Trinajstić information content (AvgIpc) is 3.19. The average molecular weight is 389 g/mol. The van der Waals surface area contributed by atoms with Gasteiger partial charge in [0, 0.05) is 33.4 Å². The predicted molar refractivity (Wildman–Crippen MR) is 105 cm³/mol. The van der Waals surface area contributed by atoms with Crippen LogP contribution in [0.1, 0.15) is 15.2 Å². The highest BCUT2D eigenvalue weighted by atomic mass is 32.1. The first-order valence-electron chi connectivity index (χ1n) is 8.34. The summed E-state index contributed by atoms with van der Waals surface area (Å²) in [7, 11) is 5.57. The maximum absolute atomic E-state index is 12.1. The SMILES string of the molecule is CN(Cc1ccc(N(C)C)cc1)C(=O)COC(=O)CNC(=O)c1cccs1. The molecule has 0 fully saturated rings. The molecule has 0 saturated carbocycles. The molecule has 7 nitrogen and oxygen atoms in total. The first kappa shape index (κ1) is 20.4. The van der Waals surface area contributed by atoms with E-state index in [0.717, 1.165) is 11.3 Å². The highest BCUT2D eigenvalue weighted by molar-refractivity contribution is 7.12. The van der Waals surface area contributed by atoms with Gasteiger partial charge in [0.25, 0.3) is 11.8 Å². The number of nitrogens with zero attached hydrogens (tertiary/aromatic N) is 2. The Balaban J connectivity index is 1.72. The molecule has 8 heteroatoms. The van der Waals surface area contributed by atoms with Gasteiger partial charge in [-0.3, -0.25) is 14.4 Å². The van der Waals surface area contributed by atoms with Gasteiger partial charge in [-0.05, 0) is 29.1 Å². The van der Waals surface area contributed by atoms with Crippen LogP contribution in [0.3, 0.4) is 0 Å². The maximum atomic E-state index is 12.1. The number of esters is 1. The van der Waals surface area contributed by atoms with Crippen LogP contribution in [0.5, 0.6) is 0 Å². The number of rotatable bonds is 8. The van der Waals surface area contributed by atoms with Crippen LogP contribution >= 0.6 is 11.3 Å². The van der Waals surface area contributed by atoms with E-state index < -0.39 is 5.97 Å². The minimum atomic E-state index is -0.656. The molecular formula is C19H23N3O4S. The minimum Gasteiger partial charge on any atom is -0.454 e. The summed E-state index contributed by atoms with van der Waals surface area (Å²) in [5.41, 5.74) is 2.05. The molecule has 0 bridgehead atoms. The number of anilines is 1. The maximum Gasteiger partial charge on any atom is 0.325 e. The summed E-state index contributed by atoms with van der Waals surface area (Å²) in [6.07, 6.45) is 0. The van der Waals surface area contributed by atoms with Crippen LogP contribution in [0.4, 0.5) is 5.69 Å². The second-order valence-electron chi connectivity index (χ2n) is 6.13. The van der Waals surface area contributed by atoms with E-state index in [-0.39, 0.29) is 25.0 Å². The van der Waals surface area contributed by atoms with Gasteiger partial charge in [0.15, 0.2) is 6.61 Å². The quantitative estimate of drug-likeness (QED) is 0.696. The van der Waals surface area contributed by atoms with Crippen LogP contribution in [0.2, 0.25) is 0 Å². The molecule has 27 heavy (non-hydrogen) atoms. The molecular weight excluding hydrogens is 366 g/mol. The first-order chi connectivity index (χ1) is 12.9. The molecule has 2 aromatic rings. The molecule has 1 aromatic carbocycles. The predicted octanol–water partition coefficient (Wildman–Crippen LogP) is 1.75. The number of benzene rings is 1. The van der Waals surface area contributed by atoms with Crippen molar-refractivity contribution in [1.29, 1.82) is 0 Å². The molecule has 0 aliphatic carbocycles. The van der Waals surface area contributed by atoms with Crippen molar-refractivity contribution in [3.8, 4) is 0 Å². The van der Waals surface area contributed by atoms with Gasteiger partial charge in [-0.2, -0.15) is 0 Å². The lowest BCUT2D eigenvalue weighted by Crippen LogP contribution is -2.34. The van der Waals surface area contributed by atoms with Gasteiger partial charge in [0.2, 0.25) is 0 Å². The van der Waals surface area contributed by atoms with Crippen LogP contribution in [-0.4, -0.2) is 57.0 Å². The third-order valence-electron chi connectivity index (χ3n) is 3.79. The number of carbonyl (C=O) groups is 3. The molecule has 0 aliphatic rings. The van der Waals surface area contributed by atoms with Gasteiger partial charge < -0.3 is 19.9 Å². The van der Waals surface area contributed by atoms with E-state index in [4.69, 9.17) is 4.74 Å². The third-order valence-corrected chi connectivity index (χ3v) is 4.66. The van der Waals surface area contributed by atoms with Crippen LogP contribution in [0.25, 0.3) is 0 Å². The van der Waals surface area contributed by atoms with Crippen LogP contribution in [-0.2, 0) is 20.9 Å². The van der Waals surface area contributed by atoms with E-state index >= 15 is 0 Å². The fraction of sp³-hybridized carbons (Fsp3) is 0.316. The number of thiophene rings is 1. The van der Waals surface area contributed by atoms with E-state index in [0.29, 0.717) is 11.4 Å². The molecule has 144 valence electrons. The number of nitrogens with one attached hydrogen (secondary N) is 1. The van der Waals surface area contributed by atoms with Crippen molar-refractivity contribution in [1.82, 2.24) is 10.2 Å². The Labute approximate surface area is 162 Å². The van der Waals surface area contributed by atoms with Crippen molar-refractivity contribution >= 4 is 34.8 Å². The zero-order valence-electron chi connectivity index (χ0n) is 15.6. The zero-order valence-corrected chi connectivity index (χ0v) is 16.4. The van der Waals surface area contributed by atoms with Crippen molar-refractivity contribution in [2.45, 2.75) is 6.54 Å². The number of hydrogen-bond donors (Lipinski definition) is 1. The second kappa shape index (κ2) is 9.72. The van der Waals surface area contributed by atoms with Gasteiger partial charge in [-0.1, -0.05) is 18.2 Å². The van der Waals surface area contributed by atoms with Crippen molar-refractivity contribution in [2.75, 3.05) is 39.2 Å². The third kappa shape index (κ3) is 6.41. The molecule has 1 aromatic heterocycles. The normalized spacial score (nSPS) is 10.2. The first-order valence-corrected chi connectivity index (χ1v) is 9.22. The summed E-state index contributed by atoms with van der Waals surface area (Å²) in [5.74, 6) is -1.31. The van der Waals surface area contributed by atoms with Crippen LogP contribution in [0.15, 0.2) is 41.8 Å². The van der Waals surface area contributed by atoms with Crippen molar-refractivity contribution in [2.24, 2.45) is 0 Å². The summed E-state index contributed by atoms with van der Waals surface area (Å²) >= 11 is 1.28. The van der Waals surface area contributed by atoms with Gasteiger partial charge in [0.1, 0.15) is 6.54 Å². The fourth-order valence-corrected chi connectivity index (χ4v) is 2.85. The largest absolute Gasteiger partial charge is 0.454 e. The number of hydrogen-bond acceptors (Lipinski definition) is 6. The highest BCUT2D eigenvalue weighted by Crippen LogP contribution is 2.13. The highest BCUT2D eigenvalue weighted by Gasteiger charge is 2.14. The topological polar surface area (TPSA) is 79.0 Å². The van der Waals surface area contributed by atoms with E-state index in [1.165, 1.54) is 16.2 Å². The number of carbonyl (C=O) groups excluding carboxylic acids is 3. The Morgan fingerprint density at radius 1 is 1.07 bits per heavy atom. The zero-order chi connectivity index (χ0) is 19.8. The molecule has 2 rings (SSSR count). The van der Waals surface area contributed by atoms with Gasteiger partial charge in [0.05, 0.1) is 4.88 Å². The Kier molecular flexibility index (Phi) is 7.36. The summed E-state index contributed by atoms with van der Waals surface area (Å²) in [6.45, 7) is -0.223. The van der Waals surface area contributed by atoms with Crippen LogP contribution < -0.4 is 10.2 Å². The minimum absolute atomic E-state index is 0.278. The van der Waals surface area contributed by atoms with Crippen molar-refractivity contribution in [3.63, 3.8) is 0 Å². The van der Waals surface area contributed by atoms with E-state index in [1.807, 2.05) is 43.3 Å². The van der Waals surface area contributed by atoms with Gasteiger partial charge in [-0.25, -0.2) is 0 Å². The van der Waals surface area contributed by atoms with Crippen molar-refractivity contribution in [3.05, 3.63) is 52.2 Å². The summed E-state index contributed by atoms with van der Waals surface area (Å²) < 4.78 is 4.93. The molecule has 1 heterocycles. The second-order valence-corrected chi connectivity index (χ2v) is 7.08. The Bertz CT molecular complexity index is 773. The molecule has 2 amide bonds. The Morgan fingerprint density at radius 2 is 1.78 bits per heavy atom. The smallest absolute Gasteiger partial charge is 0.325 e. The molecule has 0 saturated heterocycles. The number of ether oxygens (including phenoxy) is 1. The van der Waals surface area contributed by atoms with E-state index in [2.05, 4.69) is 5.32 Å². The van der Waals surface area contributed by atoms with E-state index in [1.54, 1.807) is 24.6 Å². The standard InChI is InChI=1S/C19H23N3O4S/c1-21(2)15-8-6-14(7-9-15)12-22(3)17(23)13-26-18(24)11-20-19(25)16-5-4-10-27-16/h4-10H,11-13H2,1-3H3,(H,20,25). The summed E-state index contributed by atoms with van der Waals surface area (Å²) in [5, 5.41) is 4.23.